The number of hydrogen-bond acceptors (Lipinski definition) is 4. The molecule has 21 heavy (non-hydrogen) atoms. The van der Waals surface area contributed by atoms with Crippen LogP contribution in [0.25, 0.3) is 0 Å². The molecule has 0 bridgehead atoms. The van der Waals surface area contributed by atoms with Crippen molar-refractivity contribution >= 4 is 35.1 Å². The Morgan fingerprint density at radius 3 is 2.76 bits per heavy atom. The van der Waals surface area contributed by atoms with Crippen LogP contribution in [-0.4, -0.2) is 22.9 Å². The Hall–Kier alpha value is -1.46. The fourth-order valence-corrected chi connectivity index (χ4v) is 4.02. The van der Waals surface area contributed by atoms with E-state index in [0.29, 0.717) is 6.42 Å². The van der Waals surface area contributed by atoms with Crippen molar-refractivity contribution in [1.82, 2.24) is 4.98 Å². The van der Waals surface area contributed by atoms with E-state index in [1.165, 1.54) is 4.90 Å². The number of nitrogens with zero attached hydrogens (tertiary/aromatic N) is 2. The minimum atomic E-state index is 0.0140. The van der Waals surface area contributed by atoms with Crippen molar-refractivity contribution in [3.8, 4) is 0 Å². The summed E-state index contributed by atoms with van der Waals surface area (Å²) in [6.07, 6.45) is 6.25. The highest BCUT2D eigenvalue weighted by molar-refractivity contribution is 7.99. The molecule has 0 saturated carbocycles. The first-order valence-corrected chi connectivity index (χ1v) is 9.04. The van der Waals surface area contributed by atoms with Crippen molar-refractivity contribution in [1.29, 1.82) is 0 Å². The number of benzene rings is 1. The Morgan fingerprint density at radius 2 is 2.10 bits per heavy atom. The monoisotopic (exact) mass is 316 g/mol. The molecule has 1 amide bonds. The van der Waals surface area contributed by atoms with Crippen LogP contribution < -0.4 is 4.90 Å². The van der Waals surface area contributed by atoms with Crippen LogP contribution in [0.1, 0.15) is 17.4 Å². The van der Waals surface area contributed by atoms with Crippen molar-refractivity contribution in [2.75, 3.05) is 16.9 Å². The van der Waals surface area contributed by atoms with Crippen molar-refractivity contribution in [3.63, 3.8) is 0 Å². The second-order valence-corrected chi connectivity index (χ2v) is 6.79. The largest absolute Gasteiger partial charge is 0.296 e. The molecule has 3 rings (SSSR count). The third-order valence-electron chi connectivity index (χ3n) is 3.42. The number of thioether (sulfide) groups is 2. The Morgan fingerprint density at radius 1 is 1.29 bits per heavy atom. The van der Waals surface area contributed by atoms with Crippen LogP contribution in [0.15, 0.2) is 53.7 Å². The molecule has 1 fully saturated rings. The van der Waals surface area contributed by atoms with Crippen LogP contribution >= 0.6 is 23.5 Å². The van der Waals surface area contributed by atoms with Crippen molar-refractivity contribution in [3.05, 3.63) is 54.4 Å². The number of rotatable bonds is 3. The van der Waals surface area contributed by atoms with Crippen molar-refractivity contribution in [2.45, 2.75) is 16.7 Å². The standard InChI is InChI=1S/C16H16N2OS2/c1-20-14-6-4-13(5-7-14)18-15(19)8-10-21-16(18)12-3-2-9-17-11-12/h2-7,9,11,16H,8,10H2,1H3. The lowest BCUT2D eigenvalue weighted by Crippen LogP contribution is -2.37. The van der Waals surface area contributed by atoms with Crippen LogP contribution in [0.4, 0.5) is 5.69 Å². The van der Waals surface area contributed by atoms with Crippen LogP contribution in [0.2, 0.25) is 0 Å². The molecule has 3 nitrogen and oxygen atoms in total. The number of hydrogen-bond donors (Lipinski definition) is 0. The lowest BCUT2D eigenvalue weighted by atomic mass is 10.2. The van der Waals surface area contributed by atoms with E-state index in [1.807, 2.05) is 35.4 Å². The van der Waals surface area contributed by atoms with Gasteiger partial charge < -0.3 is 0 Å². The molecule has 1 aliphatic rings. The van der Waals surface area contributed by atoms with Gasteiger partial charge in [0.05, 0.1) is 0 Å². The topological polar surface area (TPSA) is 33.2 Å². The molecule has 108 valence electrons. The average Bonchev–Trinajstić information content (AvgIpc) is 2.55. The van der Waals surface area contributed by atoms with Gasteiger partial charge in [-0.25, -0.2) is 0 Å². The molecule has 0 N–H and O–H groups in total. The molecule has 1 aliphatic heterocycles. The van der Waals surface area contributed by atoms with Gasteiger partial charge >= 0.3 is 0 Å². The lowest BCUT2D eigenvalue weighted by Gasteiger charge is -2.35. The minimum absolute atomic E-state index is 0.0140. The summed E-state index contributed by atoms with van der Waals surface area (Å²) in [5.74, 6) is 1.04. The highest BCUT2D eigenvalue weighted by atomic mass is 32.2. The quantitative estimate of drug-likeness (QED) is 0.802. The number of pyridine rings is 1. The molecule has 2 heterocycles. The first-order valence-electron chi connectivity index (χ1n) is 6.77. The Kier molecular flexibility index (Phi) is 4.51. The molecule has 2 aromatic rings. The molecule has 0 aliphatic carbocycles. The van der Waals surface area contributed by atoms with E-state index < -0.39 is 0 Å². The number of carbonyl (C=O) groups is 1. The van der Waals surface area contributed by atoms with Crippen LogP contribution in [0.3, 0.4) is 0 Å². The Balaban J connectivity index is 1.96. The van der Waals surface area contributed by atoms with Crippen LogP contribution in [0.5, 0.6) is 0 Å². The predicted octanol–water partition coefficient (Wildman–Crippen LogP) is 3.97. The molecule has 1 unspecified atom stereocenters. The van der Waals surface area contributed by atoms with E-state index in [9.17, 15) is 4.79 Å². The zero-order valence-corrected chi connectivity index (χ0v) is 13.4. The van der Waals surface area contributed by atoms with Crippen molar-refractivity contribution in [2.24, 2.45) is 0 Å². The third-order valence-corrected chi connectivity index (χ3v) is 5.40. The third kappa shape index (κ3) is 3.09. The van der Waals surface area contributed by atoms with E-state index in [2.05, 4.69) is 23.4 Å². The molecular formula is C16H16N2OS2. The second kappa shape index (κ2) is 6.54. The molecule has 5 heteroatoms. The summed E-state index contributed by atoms with van der Waals surface area (Å²) in [5.41, 5.74) is 2.03. The van der Waals surface area contributed by atoms with Gasteiger partial charge in [-0.2, -0.15) is 0 Å². The molecule has 0 spiro atoms. The van der Waals surface area contributed by atoms with E-state index >= 15 is 0 Å². The number of amides is 1. The number of carbonyl (C=O) groups excluding carboxylic acids is 1. The van der Waals surface area contributed by atoms with Gasteiger partial charge in [0.2, 0.25) is 5.91 Å². The summed E-state index contributed by atoms with van der Waals surface area (Å²) < 4.78 is 0. The lowest BCUT2D eigenvalue weighted by molar-refractivity contribution is -0.118. The molecule has 1 atom stereocenters. The highest BCUT2D eigenvalue weighted by Crippen LogP contribution is 2.40. The van der Waals surface area contributed by atoms with Gasteiger partial charge in [0.1, 0.15) is 5.37 Å². The molecular weight excluding hydrogens is 300 g/mol. The number of aromatic nitrogens is 1. The molecule has 1 aromatic heterocycles. The summed E-state index contributed by atoms with van der Waals surface area (Å²) in [6.45, 7) is 0. The normalized spacial score (nSPS) is 18.8. The van der Waals surface area contributed by atoms with E-state index in [1.54, 1.807) is 29.7 Å². The van der Waals surface area contributed by atoms with Crippen LogP contribution in [-0.2, 0) is 4.79 Å². The summed E-state index contributed by atoms with van der Waals surface area (Å²) in [6, 6.07) is 12.1. The van der Waals surface area contributed by atoms with Gasteiger partial charge in [0, 0.05) is 40.7 Å². The summed E-state index contributed by atoms with van der Waals surface area (Å²) in [5, 5.41) is 0.0140. The van der Waals surface area contributed by atoms with E-state index in [0.717, 1.165) is 17.0 Å². The first-order chi connectivity index (χ1) is 10.3. The summed E-state index contributed by atoms with van der Waals surface area (Å²) in [4.78, 5) is 19.7. The van der Waals surface area contributed by atoms with Gasteiger partial charge in [-0.15, -0.1) is 23.5 Å². The van der Waals surface area contributed by atoms with Gasteiger partial charge in [-0.3, -0.25) is 14.7 Å². The average molecular weight is 316 g/mol. The highest BCUT2D eigenvalue weighted by Gasteiger charge is 2.31. The SMILES string of the molecule is CSc1ccc(N2C(=O)CCSC2c2cccnc2)cc1. The molecule has 1 saturated heterocycles. The van der Waals surface area contributed by atoms with Crippen LogP contribution in [0, 0.1) is 0 Å². The van der Waals surface area contributed by atoms with E-state index in [4.69, 9.17) is 0 Å². The fourth-order valence-electron chi connectivity index (χ4n) is 2.37. The van der Waals surface area contributed by atoms with Gasteiger partial charge in [0.15, 0.2) is 0 Å². The van der Waals surface area contributed by atoms with Gasteiger partial charge in [0.25, 0.3) is 0 Å². The predicted molar refractivity (Wildman–Crippen MR) is 89.8 cm³/mol. The molecule has 1 aromatic carbocycles. The first kappa shape index (κ1) is 14.5. The maximum Gasteiger partial charge on any atom is 0.229 e. The number of anilines is 1. The van der Waals surface area contributed by atoms with Gasteiger partial charge in [-0.05, 0) is 36.6 Å². The second-order valence-electron chi connectivity index (χ2n) is 4.72. The summed E-state index contributed by atoms with van der Waals surface area (Å²) in [7, 11) is 0. The van der Waals surface area contributed by atoms with E-state index in [-0.39, 0.29) is 11.3 Å². The maximum absolute atomic E-state index is 12.4. The van der Waals surface area contributed by atoms with Crippen molar-refractivity contribution < 1.29 is 4.79 Å². The zero-order chi connectivity index (χ0) is 14.7. The smallest absolute Gasteiger partial charge is 0.229 e. The molecule has 0 radical (unpaired) electrons. The van der Waals surface area contributed by atoms with Gasteiger partial charge in [-0.1, -0.05) is 6.07 Å². The fraction of sp³-hybridized carbons (Fsp3) is 0.250. The Labute approximate surface area is 133 Å². The Bertz CT molecular complexity index is 616. The zero-order valence-electron chi connectivity index (χ0n) is 11.7. The minimum Gasteiger partial charge on any atom is -0.296 e. The maximum atomic E-state index is 12.4. The summed E-state index contributed by atoms with van der Waals surface area (Å²) >= 11 is 3.50.